The Morgan fingerprint density at radius 1 is 1.04 bits per heavy atom. The number of amides is 1. The third kappa shape index (κ3) is 8.53. The van der Waals surface area contributed by atoms with E-state index >= 15 is 0 Å². The predicted molar refractivity (Wildman–Crippen MR) is 92.9 cm³/mol. The number of ether oxygens (including phenoxy) is 2. The van der Waals surface area contributed by atoms with E-state index in [1.54, 1.807) is 11.8 Å². The molecule has 0 saturated carbocycles. The lowest BCUT2D eigenvalue weighted by molar-refractivity contribution is -0.144. The number of rotatable bonds is 11. The Labute approximate surface area is 144 Å². The summed E-state index contributed by atoms with van der Waals surface area (Å²) in [7, 11) is 3.98. The lowest BCUT2D eigenvalue weighted by Crippen LogP contribution is -2.38. The van der Waals surface area contributed by atoms with E-state index < -0.39 is 0 Å². The quantitative estimate of drug-likeness (QED) is 0.577. The zero-order valence-electron chi connectivity index (χ0n) is 14.9. The number of nitrogens with zero attached hydrogens (tertiary/aromatic N) is 2. The number of esters is 1. The van der Waals surface area contributed by atoms with Gasteiger partial charge in [0.25, 0.3) is 5.91 Å². The Morgan fingerprint density at radius 3 is 2.38 bits per heavy atom. The van der Waals surface area contributed by atoms with Crippen LogP contribution in [0.15, 0.2) is 30.3 Å². The lowest BCUT2D eigenvalue weighted by atomic mass is 10.3. The van der Waals surface area contributed by atoms with E-state index in [1.807, 2.05) is 44.4 Å². The van der Waals surface area contributed by atoms with Gasteiger partial charge in [0.1, 0.15) is 5.75 Å². The maximum Gasteiger partial charge on any atom is 0.307 e. The summed E-state index contributed by atoms with van der Waals surface area (Å²) in [5.74, 6) is 0.248. The summed E-state index contributed by atoms with van der Waals surface area (Å²) in [5, 5.41) is 0. The molecular formula is C18H28N2O4. The van der Waals surface area contributed by atoms with Gasteiger partial charge in [-0.15, -0.1) is 0 Å². The minimum atomic E-state index is -0.285. The minimum Gasteiger partial charge on any atom is -0.484 e. The summed E-state index contributed by atoms with van der Waals surface area (Å²) in [6, 6.07) is 9.22. The van der Waals surface area contributed by atoms with E-state index in [0.29, 0.717) is 25.4 Å². The van der Waals surface area contributed by atoms with Crippen LogP contribution >= 0.6 is 0 Å². The van der Waals surface area contributed by atoms with E-state index in [0.717, 1.165) is 13.0 Å². The summed E-state index contributed by atoms with van der Waals surface area (Å²) in [6.45, 7) is 3.91. The van der Waals surface area contributed by atoms with Crippen molar-refractivity contribution in [2.24, 2.45) is 0 Å². The van der Waals surface area contributed by atoms with Gasteiger partial charge in [-0.05, 0) is 46.1 Å². The molecule has 0 aliphatic carbocycles. The molecule has 0 spiro atoms. The fourth-order valence-corrected chi connectivity index (χ4v) is 2.15. The van der Waals surface area contributed by atoms with Gasteiger partial charge in [0.15, 0.2) is 6.61 Å². The predicted octanol–water partition coefficient (Wildman–Crippen LogP) is 1.80. The van der Waals surface area contributed by atoms with E-state index in [2.05, 4.69) is 4.90 Å². The van der Waals surface area contributed by atoms with Crippen molar-refractivity contribution in [1.29, 1.82) is 0 Å². The molecule has 0 atom stereocenters. The van der Waals surface area contributed by atoms with Crippen molar-refractivity contribution >= 4 is 11.9 Å². The molecule has 0 N–H and O–H groups in total. The van der Waals surface area contributed by atoms with E-state index in [-0.39, 0.29) is 24.9 Å². The van der Waals surface area contributed by atoms with Gasteiger partial charge in [0.05, 0.1) is 13.0 Å². The molecule has 0 saturated heterocycles. The molecular weight excluding hydrogens is 308 g/mol. The number of para-hydroxylation sites is 1. The van der Waals surface area contributed by atoms with Crippen LogP contribution in [-0.2, 0) is 14.3 Å². The molecule has 0 radical (unpaired) electrons. The highest BCUT2D eigenvalue weighted by Gasteiger charge is 2.16. The van der Waals surface area contributed by atoms with Gasteiger partial charge in [0, 0.05) is 13.1 Å². The number of carbonyl (C=O) groups is 2. The van der Waals surface area contributed by atoms with Crippen LogP contribution in [-0.4, -0.2) is 68.6 Å². The highest BCUT2D eigenvalue weighted by Crippen LogP contribution is 2.08. The molecule has 1 aromatic carbocycles. The van der Waals surface area contributed by atoms with Crippen LogP contribution in [0.5, 0.6) is 5.75 Å². The number of carbonyl (C=O) groups excluding carboxylic acids is 2. The van der Waals surface area contributed by atoms with E-state index in [9.17, 15) is 9.59 Å². The Hall–Kier alpha value is -2.08. The highest BCUT2D eigenvalue weighted by atomic mass is 16.5. The Morgan fingerprint density at radius 2 is 1.75 bits per heavy atom. The summed E-state index contributed by atoms with van der Waals surface area (Å²) in [4.78, 5) is 27.7. The van der Waals surface area contributed by atoms with Crippen molar-refractivity contribution in [3.63, 3.8) is 0 Å². The average molecular weight is 336 g/mol. The second-order valence-electron chi connectivity index (χ2n) is 5.69. The first kappa shape index (κ1) is 20.0. The van der Waals surface area contributed by atoms with Crippen molar-refractivity contribution < 1.29 is 19.1 Å². The maximum absolute atomic E-state index is 12.4. The van der Waals surface area contributed by atoms with E-state index in [4.69, 9.17) is 9.47 Å². The average Bonchev–Trinajstić information content (AvgIpc) is 2.56. The summed E-state index contributed by atoms with van der Waals surface area (Å²) < 4.78 is 10.4. The first-order valence-corrected chi connectivity index (χ1v) is 8.29. The van der Waals surface area contributed by atoms with Gasteiger partial charge in [-0.25, -0.2) is 0 Å². The van der Waals surface area contributed by atoms with Gasteiger partial charge < -0.3 is 19.3 Å². The smallest absolute Gasteiger partial charge is 0.307 e. The van der Waals surface area contributed by atoms with Crippen LogP contribution in [0, 0.1) is 0 Å². The molecule has 1 rings (SSSR count). The number of hydrogen-bond donors (Lipinski definition) is 0. The minimum absolute atomic E-state index is 0.0329. The topological polar surface area (TPSA) is 59.1 Å². The molecule has 0 unspecified atom stereocenters. The fraction of sp³-hybridized carbons (Fsp3) is 0.556. The van der Waals surface area contributed by atoms with Crippen LogP contribution in [0.3, 0.4) is 0 Å². The standard InChI is InChI=1S/C18H28N2O4/c1-4-23-18(22)11-14-20(13-8-12-19(2)3)17(21)15-24-16-9-6-5-7-10-16/h5-7,9-10H,4,8,11-15H2,1-3H3. The molecule has 6 heteroatoms. The first-order valence-electron chi connectivity index (χ1n) is 8.29. The maximum atomic E-state index is 12.4. The van der Waals surface area contributed by atoms with Gasteiger partial charge in [-0.2, -0.15) is 0 Å². The second kappa shape index (κ2) is 11.5. The molecule has 0 fully saturated rings. The van der Waals surface area contributed by atoms with Crippen molar-refractivity contribution in [3.05, 3.63) is 30.3 Å². The molecule has 0 aromatic heterocycles. The summed E-state index contributed by atoms with van der Waals surface area (Å²) in [5.41, 5.74) is 0. The molecule has 0 heterocycles. The third-order valence-corrected chi connectivity index (χ3v) is 3.38. The van der Waals surface area contributed by atoms with Crippen LogP contribution in [0.25, 0.3) is 0 Å². The molecule has 1 aromatic rings. The Balaban J connectivity index is 2.50. The molecule has 134 valence electrons. The van der Waals surface area contributed by atoms with Crippen molar-refractivity contribution in [3.8, 4) is 5.75 Å². The summed E-state index contributed by atoms with van der Waals surface area (Å²) in [6.07, 6.45) is 1.04. The van der Waals surface area contributed by atoms with Crippen LogP contribution in [0.1, 0.15) is 19.8 Å². The largest absolute Gasteiger partial charge is 0.484 e. The SMILES string of the molecule is CCOC(=O)CCN(CCCN(C)C)C(=O)COc1ccccc1. The van der Waals surface area contributed by atoms with Crippen molar-refractivity contribution in [1.82, 2.24) is 9.80 Å². The van der Waals surface area contributed by atoms with Gasteiger partial charge >= 0.3 is 5.97 Å². The third-order valence-electron chi connectivity index (χ3n) is 3.38. The number of benzene rings is 1. The molecule has 0 bridgehead atoms. The lowest BCUT2D eigenvalue weighted by Gasteiger charge is -2.23. The Kier molecular flexibility index (Phi) is 9.53. The normalized spacial score (nSPS) is 10.5. The molecule has 6 nitrogen and oxygen atoms in total. The van der Waals surface area contributed by atoms with Gasteiger partial charge in [0.2, 0.25) is 0 Å². The Bertz CT molecular complexity index is 491. The van der Waals surface area contributed by atoms with Gasteiger partial charge in [-0.1, -0.05) is 18.2 Å². The highest BCUT2D eigenvalue weighted by molar-refractivity contribution is 5.78. The molecule has 0 aliphatic heterocycles. The van der Waals surface area contributed by atoms with Crippen molar-refractivity contribution in [2.45, 2.75) is 19.8 Å². The van der Waals surface area contributed by atoms with Crippen LogP contribution in [0.2, 0.25) is 0 Å². The van der Waals surface area contributed by atoms with E-state index in [1.165, 1.54) is 0 Å². The monoisotopic (exact) mass is 336 g/mol. The van der Waals surface area contributed by atoms with Crippen molar-refractivity contribution in [2.75, 3.05) is 46.9 Å². The molecule has 0 aliphatic rings. The molecule has 1 amide bonds. The first-order chi connectivity index (χ1) is 11.5. The van der Waals surface area contributed by atoms with Crippen LogP contribution < -0.4 is 4.74 Å². The fourth-order valence-electron chi connectivity index (χ4n) is 2.15. The molecule has 24 heavy (non-hydrogen) atoms. The zero-order valence-corrected chi connectivity index (χ0v) is 14.9. The zero-order chi connectivity index (χ0) is 17.8. The summed E-state index contributed by atoms with van der Waals surface area (Å²) >= 11 is 0. The van der Waals surface area contributed by atoms with Crippen LogP contribution in [0.4, 0.5) is 0 Å². The number of hydrogen-bond acceptors (Lipinski definition) is 5. The van der Waals surface area contributed by atoms with Gasteiger partial charge in [-0.3, -0.25) is 9.59 Å². The second-order valence-corrected chi connectivity index (χ2v) is 5.69.